The second-order valence-corrected chi connectivity index (χ2v) is 9.75. The molecule has 5 aromatic rings. The van der Waals surface area contributed by atoms with E-state index in [2.05, 4.69) is 70.9 Å². The van der Waals surface area contributed by atoms with Crippen molar-refractivity contribution in [1.29, 1.82) is 0 Å². The number of ether oxygens (including phenoxy) is 1. The van der Waals surface area contributed by atoms with Crippen LogP contribution in [0.5, 0.6) is 5.88 Å². The first-order chi connectivity index (χ1) is 19.7. The number of nitrogens with zero attached hydrogens (tertiary/aromatic N) is 5. The molecule has 0 atom stereocenters. The van der Waals surface area contributed by atoms with Gasteiger partial charge in [0.25, 0.3) is 0 Å². The van der Waals surface area contributed by atoms with Gasteiger partial charge in [-0.05, 0) is 45.9 Å². The number of benzene rings is 3. The van der Waals surface area contributed by atoms with E-state index in [0.717, 1.165) is 76.1 Å². The van der Waals surface area contributed by atoms with Crippen LogP contribution in [0.3, 0.4) is 0 Å². The van der Waals surface area contributed by atoms with E-state index < -0.39 is 0 Å². The van der Waals surface area contributed by atoms with E-state index in [1.807, 2.05) is 36.4 Å². The standard InChI is InChI=1S/C32H34N6O2/c1-3-5-13-30-33-29(4-2)28(19-23-9-8-10-24(18-23)20-39)32(34-30)40-21-22-14-16-25(17-15-22)26-11-6-7-12-27(26)31-35-37-38-36-31/h6-12,14-18,39H,3-5,13,19-21H2,1-2H3,(H,35,36,37,38). The van der Waals surface area contributed by atoms with Crippen molar-refractivity contribution in [2.24, 2.45) is 0 Å². The van der Waals surface area contributed by atoms with Crippen molar-refractivity contribution < 1.29 is 9.84 Å². The van der Waals surface area contributed by atoms with E-state index in [0.29, 0.717) is 24.7 Å². The smallest absolute Gasteiger partial charge is 0.220 e. The van der Waals surface area contributed by atoms with Gasteiger partial charge in [0, 0.05) is 24.0 Å². The lowest BCUT2D eigenvalue weighted by Crippen LogP contribution is -2.10. The maximum Gasteiger partial charge on any atom is 0.220 e. The fourth-order valence-electron chi connectivity index (χ4n) is 4.77. The van der Waals surface area contributed by atoms with Crippen LogP contribution in [0.2, 0.25) is 0 Å². The summed E-state index contributed by atoms with van der Waals surface area (Å²) in [5, 5.41) is 24.1. The van der Waals surface area contributed by atoms with Gasteiger partial charge >= 0.3 is 0 Å². The minimum Gasteiger partial charge on any atom is -0.472 e. The Balaban J connectivity index is 1.40. The van der Waals surface area contributed by atoms with Crippen molar-refractivity contribution in [1.82, 2.24) is 30.6 Å². The highest BCUT2D eigenvalue weighted by molar-refractivity contribution is 5.80. The van der Waals surface area contributed by atoms with Crippen molar-refractivity contribution in [3.8, 4) is 28.4 Å². The third-order valence-corrected chi connectivity index (χ3v) is 6.90. The Morgan fingerprint density at radius 2 is 1.65 bits per heavy atom. The molecule has 3 aromatic carbocycles. The van der Waals surface area contributed by atoms with Gasteiger partial charge in [0.1, 0.15) is 12.4 Å². The van der Waals surface area contributed by atoms with Crippen LogP contribution < -0.4 is 4.74 Å². The summed E-state index contributed by atoms with van der Waals surface area (Å²) in [5.74, 6) is 2.03. The number of rotatable bonds is 12. The molecule has 0 bridgehead atoms. The largest absolute Gasteiger partial charge is 0.472 e. The first-order valence-corrected chi connectivity index (χ1v) is 13.8. The van der Waals surface area contributed by atoms with E-state index in [-0.39, 0.29) is 6.61 Å². The Hall–Kier alpha value is -4.43. The number of tetrazole rings is 1. The van der Waals surface area contributed by atoms with E-state index >= 15 is 0 Å². The van der Waals surface area contributed by atoms with Crippen LogP contribution in [0, 0.1) is 0 Å². The third kappa shape index (κ3) is 6.40. The van der Waals surface area contributed by atoms with Gasteiger partial charge in [-0.1, -0.05) is 93.1 Å². The van der Waals surface area contributed by atoms with Crippen molar-refractivity contribution in [3.63, 3.8) is 0 Å². The molecule has 0 spiro atoms. The fraction of sp³-hybridized carbons (Fsp3) is 0.281. The summed E-state index contributed by atoms with van der Waals surface area (Å²) in [4.78, 5) is 9.77. The van der Waals surface area contributed by atoms with Gasteiger partial charge in [-0.15, -0.1) is 10.2 Å². The molecule has 5 rings (SSSR count). The molecule has 0 aliphatic carbocycles. The van der Waals surface area contributed by atoms with Crippen LogP contribution in [0.25, 0.3) is 22.5 Å². The Morgan fingerprint density at radius 3 is 2.38 bits per heavy atom. The number of hydrogen-bond donors (Lipinski definition) is 2. The molecule has 0 fully saturated rings. The Labute approximate surface area is 234 Å². The Bertz CT molecular complexity index is 1530. The van der Waals surface area contributed by atoms with Gasteiger partial charge < -0.3 is 9.84 Å². The van der Waals surface area contributed by atoms with Gasteiger partial charge in [-0.25, -0.2) is 4.98 Å². The molecule has 0 saturated heterocycles. The highest BCUT2D eigenvalue weighted by Crippen LogP contribution is 2.30. The van der Waals surface area contributed by atoms with Crippen molar-refractivity contribution in [2.45, 2.75) is 59.2 Å². The number of H-pyrrole nitrogens is 1. The second kappa shape index (κ2) is 13.1. The quantitative estimate of drug-likeness (QED) is 0.205. The van der Waals surface area contributed by atoms with Crippen LogP contribution in [-0.4, -0.2) is 35.7 Å². The molecule has 204 valence electrons. The molecule has 8 nitrogen and oxygen atoms in total. The lowest BCUT2D eigenvalue weighted by atomic mass is 9.98. The number of aromatic amines is 1. The van der Waals surface area contributed by atoms with Gasteiger partial charge in [-0.3, -0.25) is 0 Å². The molecule has 2 aromatic heterocycles. The molecule has 2 heterocycles. The molecule has 0 unspecified atom stereocenters. The predicted molar refractivity (Wildman–Crippen MR) is 155 cm³/mol. The first-order valence-electron chi connectivity index (χ1n) is 13.8. The summed E-state index contributed by atoms with van der Waals surface area (Å²) in [5.41, 5.74) is 8.06. The second-order valence-electron chi connectivity index (χ2n) is 9.75. The minimum absolute atomic E-state index is 0.0138. The number of aromatic nitrogens is 6. The van der Waals surface area contributed by atoms with E-state index in [1.54, 1.807) is 0 Å². The number of hydrogen-bond acceptors (Lipinski definition) is 7. The molecule has 0 aliphatic heterocycles. The van der Waals surface area contributed by atoms with Crippen LogP contribution in [0.4, 0.5) is 0 Å². The lowest BCUT2D eigenvalue weighted by Gasteiger charge is -2.16. The predicted octanol–water partition coefficient (Wildman–Crippen LogP) is 5.89. The zero-order chi connectivity index (χ0) is 27.7. The molecule has 0 saturated carbocycles. The molecule has 2 N–H and O–H groups in total. The summed E-state index contributed by atoms with van der Waals surface area (Å²) in [7, 11) is 0. The monoisotopic (exact) mass is 534 g/mol. The molecule has 0 radical (unpaired) electrons. The number of aliphatic hydroxyl groups is 1. The zero-order valence-corrected chi connectivity index (χ0v) is 23.0. The highest BCUT2D eigenvalue weighted by Gasteiger charge is 2.17. The summed E-state index contributed by atoms with van der Waals surface area (Å²) < 4.78 is 6.41. The average Bonchev–Trinajstić information content (AvgIpc) is 3.55. The van der Waals surface area contributed by atoms with E-state index in [1.165, 1.54) is 0 Å². The Morgan fingerprint density at radius 1 is 0.850 bits per heavy atom. The number of aryl methyl sites for hydroxylation is 2. The normalized spacial score (nSPS) is 11.1. The van der Waals surface area contributed by atoms with Crippen molar-refractivity contribution in [2.75, 3.05) is 0 Å². The SMILES string of the molecule is CCCCc1nc(CC)c(Cc2cccc(CO)c2)c(OCc2ccc(-c3ccccc3-c3nn[nH]n3)cc2)n1. The van der Waals surface area contributed by atoms with Crippen LogP contribution in [-0.2, 0) is 32.5 Å². The Kier molecular flexibility index (Phi) is 8.88. The van der Waals surface area contributed by atoms with Gasteiger partial charge in [0.15, 0.2) is 0 Å². The molecule has 0 aliphatic rings. The molecule has 0 amide bonds. The van der Waals surface area contributed by atoms with Crippen LogP contribution in [0.15, 0.2) is 72.8 Å². The molecular formula is C32H34N6O2. The number of nitrogens with one attached hydrogen (secondary N) is 1. The summed E-state index contributed by atoms with van der Waals surface area (Å²) in [6, 6.07) is 24.3. The zero-order valence-electron chi connectivity index (χ0n) is 23.0. The topological polar surface area (TPSA) is 110 Å². The van der Waals surface area contributed by atoms with Gasteiger partial charge in [0.2, 0.25) is 11.7 Å². The molecule has 40 heavy (non-hydrogen) atoms. The van der Waals surface area contributed by atoms with Crippen LogP contribution in [0.1, 0.15) is 60.5 Å². The molecule has 8 heteroatoms. The highest BCUT2D eigenvalue weighted by atomic mass is 16.5. The summed E-state index contributed by atoms with van der Waals surface area (Å²) in [6.45, 7) is 4.70. The fourth-order valence-corrected chi connectivity index (χ4v) is 4.77. The number of aliphatic hydroxyl groups excluding tert-OH is 1. The van der Waals surface area contributed by atoms with Crippen LogP contribution >= 0.6 is 0 Å². The lowest BCUT2D eigenvalue weighted by molar-refractivity contribution is 0.281. The van der Waals surface area contributed by atoms with Crippen molar-refractivity contribution in [3.05, 3.63) is 107 Å². The van der Waals surface area contributed by atoms with E-state index in [9.17, 15) is 5.11 Å². The van der Waals surface area contributed by atoms with Crippen molar-refractivity contribution >= 4 is 0 Å². The maximum atomic E-state index is 9.61. The van der Waals surface area contributed by atoms with Gasteiger partial charge in [-0.2, -0.15) is 10.2 Å². The third-order valence-electron chi connectivity index (χ3n) is 6.90. The first kappa shape index (κ1) is 27.1. The minimum atomic E-state index is 0.0138. The maximum absolute atomic E-state index is 9.61. The number of unbranched alkanes of at least 4 members (excludes halogenated alkanes) is 1. The van der Waals surface area contributed by atoms with E-state index in [4.69, 9.17) is 14.7 Å². The summed E-state index contributed by atoms with van der Waals surface area (Å²) >= 11 is 0. The summed E-state index contributed by atoms with van der Waals surface area (Å²) in [6.07, 6.45) is 4.38. The average molecular weight is 535 g/mol. The van der Waals surface area contributed by atoms with Gasteiger partial charge in [0.05, 0.1) is 12.3 Å². The molecular weight excluding hydrogens is 500 g/mol.